The Morgan fingerprint density at radius 1 is 1.35 bits per heavy atom. The van der Waals surface area contributed by atoms with Crippen molar-refractivity contribution in [2.75, 3.05) is 33.3 Å². The van der Waals surface area contributed by atoms with Crippen molar-refractivity contribution in [3.05, 3.63) is 40.3 Å². The molecule has 108 valence electrons. The van der Waals surface area contributed by atoms with Crippen LogP contribution in [0.2, 0.25) is 0 Å². The van der Waals surface area contributed by atoms with Crippen molar-refractivity contribution in [1.29, 1.82) is 0 Å². The third-order valence-corrected chi connectivity index (χ3v) is 2.52. The molecule has 0 aromatic heterocycles. The van der Waals surface area contributed by atoms with E-state index < -0.39 is 0 Å². The van der Waals surface area contributed by atoms with E-state index in [1.807, 2.05) is 7.05 Å². The van der Waals surface area contributed by atoms with Gasteiger partial charge < -0.3 is 15.4 Å². The maximum absolute atomic E-state index is 11.8. The van der Waals surface area contributed by atoms with Gasteiger partial charge in [-0.2, -0.15) is 0 Å². The molecule has 0 aliphatic rings. The highest BCUT2D eigenvalue weighted by Crippen LogP contribution is 2.11. The van der Waals surface area contributed by atoms with Crippen LogP contribution in [0.3, 0.4) is 0 Å². The molecule has 0 spiro atoms. The van der Waals surface area contributed by atoms with Crippen molar-refractivity contribution in [2.24, 2.45) is 5.11 Å². The Bertz CT molecular complexity index is 454. The van der Waals surface area contributed by atoms with Crippen LogP contribution in [0.25, 0.3) is 10.4 Å². The van der Waals surface area contributed by atoms with Gasteiger partial charge in [0.2, 0.25) is 0 Å². The molecule has 7 heteroatoms. The summed E-state index contributed by atoms with van der Waals surface area (Å²) in [4.78, 5) is 14.4. The van der Waals surface area contributed by atoms with E-state index in [1.165, 1.54) is 0 Å². The first-order valence-electron chi connectivity index (χ1n) is 6.44. The lowest BCUT2D eigenvalue weighted by Gasteiger charge is -2.07. The third-order valence-electron chi connectivity index (χ3n) is 2.52. The average Bonchev–Trinajstić information content (AvgIpc) is 2.48. The molecule has 0 saturated heterocycles. The van der Waals surface area contributed by atoms with Crippen LogP contribution in [0.15, 0.2) is 29.4 Å². The van der Waals surface area contributed by atoms with E-state index in [9.17, 15) is 4.79 Å². The molecule has 0 radical (unpaired) electrons. The van der Waals surface area contributed by atoms with Crippen LogP contribution in [0.5, 0.6) is 5.75 Å². The van der Waals surface area contributed by atoms with Gasteiger partial charge in [0.15, 0.2) is 0 Å². The van der Waals surface area contributed by atoms with Crippen LogP contribution in [0.1, 0.15) is 16.8 Å². The summed E-state index contributed by atoms with van der Waals surface area (Å²) in [5.74, 6) is 0.591. The Kier molecular flexibility index (Phi) is 7.64. The SMILES string of the molecule is CNCCOc1ccc(C(=O)NCCCN=[N+]=[N-])cc1. The molecule has 2 N–H and O–H groups in total. The number of rotatable bonds is 9. The van der Waals surface area contributed by atoms with Crippen molar-refractivity contribution in [1.82, 2.24) is 10.6 Å². The van der Waals surface area contributed by atoms with Crippen LogP contribution in [-0.4, -0.2) is 39.2 Å². The summed E-state index contributed by atoms with van der Waals surface area (Å²) in [5.41, 5.74) is 8.69. The Labute approximate surface area is 117 Å². The van der Waals surface area contributed by atoms with Gasteiger partial charge in [-0.1, -0.05) is 5.11 Å². The molecule has 0 heterocycles. The number of azide groups is 1. The van der Waals surface area contributed by atoms with Crippen molar-refractivity contribution in [3.8, 4) is 5.75 Å². The van der Waals surface area contributed by atoms with Crippen molar-refractivity contribution >= 4 is 5.91 Å². The fourth-order valence-electron chi connectivity index (χ4n) is 1.47. The van der Waals surface area contributed by atoms with E-state index in [1.54, 1.807) is 24.3 Å². The van der Waals surface area contributed by atoms with E-state index in [0.29, 0.717) is 31.7 Å². The lowest BCUT2D eigenvalue weighted by atomic mass is 10.2. The molecule has 1 rings (SSSR count). The van der Waals surface area contributed by atoms with Crippen LogP contribution in [0, 0.1) is 0 Å². The number of amides is 1. The van der Waals surface area contributed by atoms with Gasteiger partial charge in [0.05, 0.1) is 0 Å². The first kappa shape index (κ1) is 15.8. The smallest absolute Gasteiger partial charge is 0.251 e. The third kappa shape index (κ3) is 6.08. The lowest BCUT2D eigenvalue weighted by Crippen LogP contribution is -2.24. The van der Waals surface area contributed by atoms with Gasteiger partial charge in [-0.15, -0.1) is 0 Å². The van der Waals surface area contributed by atoms with E-state index in [0.717, 1.165) is 12.3 Å². The summed E-state index contributed by atoms with van der Waals surface area (Å²) in [6.07, 6.45) is 0.626. The van der Waals surface area contributed by atoms with E-state index in [-0.39, 0.29) is 5.91 Å². The number of carbonyl (C=O) groups is 1. The Hall–Kier alpha value is -2.24. The summed E-state index contributed by atoms with van der Waals surface area (Å²) in [6, 6.07) is 6.98. The van der Waals surface area contributed by atoms with Gasteiger partial charge in [-0.3, -0.25) is 4.79 Å². The highest BCUT2D eigenvalue weighted by molar-refractivity contribution is 5.94. The zero-order valence-corrected chi connectivity index (χ0v) is 11.5. The molecule has 0 atom stereocenters. The van der Waals surface area contributed by atoms with Crippen molar-refractivity contribution < 1.29 is 9.53 Å². The molecule has 0 fully saturated rings. The highest BCUT2D eigenvalue weighted by atomic mass is 16.5. The summed E-state index contributed by atoms with van der Waals surface area (Å²) in [6.45, 7) is 2.22. The highest BCUT2D eigenvalue weighted by Gasteiger charge is 2.04. The molecule has 1 aromatic carbocycles. The topological polar surface area (TPSA) is 99.1 Å². The fourth-order valence-corrected chi connectivity index (χ4v) is 1.47. The van der Waals surface area contributed by atoms with Crippen molar-refractivity contribution in [3.63, 3.8) is 0 Å². The first-order chi connectivity index (χ1) is 9.77. The molecule has 0 aliphatic carbocycles. The summed E-state index contributed by atoms with van der Waals surface area (Å²) >= 11 is 0. The molecule has 1 aromatic rings. The zero-order valence-electron chi connectivity index (χ0n) is 11.5. The van der Waals surface area contributed by atoms with Crippen LogP contribution in [-0.2, 0) is 0 Å². The second kappa shape index (κ2) is 9.66. The molecule has 0 aliphatic heterocycles. The average molecular weight is 277 g/mol. The van der Waals surface area contributed by atoms with Gasteiger partial charge in [0, 0.05) is 30.1 Å². The molecule has 20 heavy (non-hydrogen) atoms. The second-order valence-corrected chi connectivity index (χ2v) is 4.04. The number of likely N-dealkylation sites (N-methyl/N-ethyl adjacent to an activating group) is 1. The van der Waals surface area contributed by atoms with Crippen LogP contribution >= 0.6 is 0 Å². The Morgan fingerprint density at radius 2 is 2.10 bits per heavy atom. The van der Waals surface area contributed by atoms with Crippen molar-refractivity contribution in [2.45, 2.75) is 6.42 Å². The first-order valence-corrected chi connectivity index (χ1v) is 6.44. The second-order valence-electron chi connectivity index (χ2n) is 4.04. The predicted molar refractivity (Wildman–Crippen MR) is 76.8 cm³/mol. The summed E-state index contributed by atoms with van der Waals surface area (Å²) in [7, 11) is 1.86. The maximum Gasteiger partial charge on any atom is 0.251 e. The lowest BCUT2D eigenvalue weighted by molar-refractivity contribution is 0.0953. The minimum atomic E-state index is -0.146. The minimum Gasteiger partial charge on any atom is -0.492 e. The van der Waals surface area contributed by atoms with E-state index in [4.69, 9.17) is 10.3 Å². The van der Waals surface area contributed by atoms with Gasteiger partial charge in [0.1, 0.15) is 12.4 Å². The predicted octanol–water partition coefficient (Wildman–Crippen LogP) is 1.71. The Morgan fingerprint density at radius 3 is 2.75 bits per heavy atom. The molecule has 0 unspecified atom stereocenters. The molecular weight excluding hydrogens is 258 g/mol. The molecular formula is C13H19N5O2. The summed E-state index contributed by atoms with van der Waals surface area (Å²) in [5, 5.41) is 9.14. The Balaban J connectivity index is 2.35. The van der Waals surface area contributed by atoms with Gasteiger partial charge in [-0.25, -0.2) is 0 Å². The molecule has 1 amide bonds. The zero-order chi connectivity index (χ0) is 14.6. The molecule has 0 saturated carbocycles. The number of nitrogens with zero attached hydrogens (tertiary/aromatic N) is 3. The number of carbonyl (C=O) groups excluding carboxylic acids is 1. The van der Waals surface area contributed by atoms with Crippen LogP contribution in [0.4, 0.5) is 0 Å². The normalized spacial score (nSPS) is 9.65. The van der Waals surface area contributed by atoms with Gasteiger partial charge >= 0.3 is 0 Å². The number of benzene rings is 1. The van der Waals surface area contributed by atoms with E-state index in [2.05, 4.69) is 20.7 Å². The number of nitrogens with one attached hydrogen (secondary N) is 2. The summed E-state index contributed by atoms with van der Waals surface area (Å²) < 4.78 is 5.47. The minimum absolute atomic E-state index is 0.146. The number of ether oxygens (including phenoxy) is 1. The molecule has 7 nitrogen and oxygen atoms in total. The maximum atomic E-state index is 11.8. The number of hydrogen-bond donors (Lipinski definition) is 2. The van der Waals surface area contributed by atoms with Crippen LogP contribution < -0.4 is 15.4 Å². The largest absolute Gasteiger partial charge is 0.492 e. The quantitative estimate of drug-likeness (QED) is 0.311. The van der Waals surface area contributed by atoms with Gasteiger partial charge in [-0.05, 0) is 43.3 Å². The fraction of sp³-hybridized carbons (Fsp3) is 0.462. The monoisotopic (exact) mass is 277 g/mol. The standard InChI is InChI=1S/C13H19N5O2/c1-15-9-10-20-12-5-3-11(4-6-12)13(19)16-7-2-8-17-18-14/h3-6,15H,2,7-10H2,1H3,(H,16,19). The van der Waals surface area contributed by atoms with E-state index >= 15 is 0 Å². The molecule has 0 bridgehead atoms. The van der Waals surface area contributed by atoms with Gasteiger partial charge in [0.25, 0.3) is 5.91 Å². The number of hydrogen-bond acceptors (Lipinski definition) is 4.